The van der Waals surface area contributed by atoms with Crippen LogP contribution in [0, 0.1) is 0 Å². The number of benzene rings is 2. The van der Waals surface area contributed by atoms with Crippen molar-refractivity contribution < 1.29 is 22.7 Å². The predicted molar refractivity (Wildman–Crippen MR) is 109 cm³/mol. The maximum absolute atomic E-state index is 12.5. The van der Waals surface area contributed by atoms with Crippen molar-refractivity contribution in [3.05, 3.63) is 58.6 Å². The van der Waals surface area contributed by atoms with E-state index in [9.17, 15) is 18.0 Å². The highest BCUT2D eigenvalue weighted by atomic mass is 35.5. The van der Waals surface area contributed by atoms with Crippen LogP contribution in [0.15, 0.2) is 42.5 Å². The molecular formula is C19H21ClN2O5S. The summed E-state index contributed by atoms with van der Waals surface area (Å²) in [4.78, 5) is 24.1. The first-order valence-electron chi connectivity index (χ1n) is 8.40. The van der Waals surface area contributed by atoms with E-state index in [0.29, 0.717) is 5.69 Å². The van der Waals surface area contributed by atoms with Crippen LogP contribution in [0.2, 0.25) is 5.02 Å². The highest BCUT2D eigenvalue weighted by Crippen LogP contribution is 2.24. The molecule has 0 atom stereocenters. The third kappa shape index (κ3) is 5.46. The van der Waals surface area contributed by atoms with Crippen LogP contribution >= 0.6 is 11.6 Å². The van der Waals surface area contributed by atoms with Gasteiger partial charge in [0.15, 0.2) is 0 Å². The number of hydrogen-bond acceptors (Lipinski definition) is 5. The molecule has 2 rings (SSSR count). The van der Waals surface area contributed by atoms with Crippen LogP contribution in [0.5, 0.6) is 0 Å². The molecule has 0 saturated carbocycles. The van der Waals surface area contributed by atoms with Crippen LogP contribution in [-0.4, -0.2) is 40.2 Å². The zero-order valence-corrected chi connectivity index (χ0v) is 17.3. The number of aryl methyl sites for hydroxylation is 1. The van der Waals surface area contributed by atoms with Crippen LogP contribution < -0.4 is 9.62 Å². The first-order chi connectivity index (χ1) is 13.2. The summed E-state index contributed by atoms with van der Waals surface area (Å²) >= 11 is 6.07. The Morgan fingerprint density at radius 3 is 2.32 bits per heavy atom. The maximum Gasteiger partial charge on any atom is 0.337 e. The number of nitrogens with one attached hydrogen (secondary N) is 1. The Hall–Kier alpha value is -2.58. The molecule has 7 nitrogen and oxygen atoms in total. The van der Waals surface area contributed by atoms with Crippen molar-refractivity contribution >= 4 is 44.9 Å². The average Bonchev–Trinajstić information content (AvgIpc) is 2.66. The Kier molecular flexibility index (Phi) is 7.04. The van der Waals surface area contributed by atoms with Crippen molar-refractivity contribution in [3.63, 3.8) is 0 Å². The zero-order valence-electron chi connectivity index (χ0n) is 15.7. The third-order valence-corrected chi connectivity index (χ3v) is 5.45. The molecule has 0 fully saturated rings. The quantitative estimate of drug-likeness (QED) is 0.689. The minimum absolute atomic E-state index is 0.185. The molecule has 28 heavy (non-hydrogen) atoms. The van der Waals surface area contributed by atoms with Crippen LogP contribution in [0.25, 0.3) is 0 Å². The van der Waals surface area contributed by atoms with E-state index in [1.165, 1.54) is 25.3 Å². The lowest BCUT2D eigenvalue weighted by Crippen LogP contribution is -2.37. The minimum Gasteiger partial charge on any atom is -0.465 e. The molecule has 0 radical (unpaired) electrons. The van der Waals surface area contributed by atoms with Crippen molar-refractivity contribution in [1.29, 1.82) is 0 Å². The Labute approximate surface area is 169 Å². The summed E-state index contributed by atoms with van der Waals surface area (Å²) in [5.41, 5.74) is 1.82. The maximum atomic E-state index is 12.5. The second-order valence-corrected chi connectivity index (χ2v) is 8.34. The molecule has 2 aromatic carbocycles. The summed E-state index contributed by atoms with van der Waals surface area (Å²) in [5, 5.41) is 2.75. The first kappa shape index (κ1) is 21.7. The van der Waals surface area contributed by atoms with E-state index in [4.69, 9.17) is 11.6 Å². The normalized spacial score (nSPS) is 11.0. The fourth-order valence-corrected chi connectivity index (χ4v) is 3.51. The highest BCUT2D eigenvalue weighted by molar-refractivity contribution is 7.92. The van der Waals surface area contributed by atoms with Gasteiger partial charge in [0.25, 0.3) is 0 Å². The van der Waals surface area contributed by atoms with E-state index in [-0.39, 0.29) is 16.3 Å². The number of ether oxygens (including phenoxy) is 1. The summed E-state index contributed by atoms with van der Waals surface area (Å²) in [6.07, 6.45) is 1.84. The number of carbonyl (C=O) groups excluding carboxylic acids is 2. The van der Waals surface area contributed by atoms with Gasteiger partial charge < -0.3 is 10.1 Å². The van der Waals surface area contributed by atoms with E-state index in [2.05, 4.69) is 10.1 Å². The van der Waals surface area contributed by atoms with Gasteiger partial charge in [0.05, 0.1) is 35.3 Å². The van der Waals surface area contributed by atoms with Gasteiger partial charge >= 0.3 is 5.97 Å². The lowest BCUT2D eigenvalue weighted by molar-refractivity contribution is -0.114. The molecule has 0 aliphatic rings. The van der Waals surface area contributed by atoms with Crippen molar-refractivity contribution in [3.8, 4) is 0 Å². The SMILES string of the molecule is CCc1ccc(N(CC(=O)Nc2cc(C(=O)OC)ccc2Cl)S(C)(=O)=O)cc1. The van der Waals surface area contributed by atoms with Gasteiger partial charge in [0.2, 0.25) is 15.9 Å². The standard InChI is InChI=1S/C19H21ClN2O5S/c1-4-13-5-8-15(9-6-13)22(28(3,25)26)12-18(23)21-17-11-14(19(24)27-2)7-10-16(17)20/h5-11H,4,12H2,1-3H3,(H,21,23). The van der Waals surface area contributed by atoms with Crippen LogP contribution in [-0.2, 0) is 26.0 Å². The Balaban J connectivity index is 2.24. The molecule has 150 valence electrons. The van der Waals surface area contributed by atoms with Crippen molar-refractivity contribution in [1.82, 2.24) is 0 Å². The molecule has 0 spiro atoms. The van der Waals surface area contributed by atoms with E-state index in [0.717, 1.165) is 22.5 Å². The molecular weight excluding hydrogens is 404 g/mol. The summed E-state index contributed by atoms with van der Waals surface area (Å²) in [6, 6.07) is 11.2. The Bertz CT molecular complexity index is 974. The van der Waals surface area contributed by atoms with Gasteiger partial charge in [-0.3, -0.25) is 9.10 Å². The summed E-state index contributed by atoms with van der Waals surface area (Å²) < 4.78 is 30.0. The molecule has 0 bridgehead atoms. The second kappa shape index (κ2) is 9.07. The van der Waals surface area contributed by atoms with Gasteiger partial charge in [0.1, 0.15) is 6.54 Å². The Morgan fingerprint density at radius 1 is 1.14 bits per heavy atom. The predicted octanol–water partition coefficient (Wildman–Crippen LogP) is 3.09. The summed E-state index contributed by atoms with van der Waals surface area (Å²) in [7, 11) is -2.46. The number of carbonyl (C=O) groups is 2. The molecule has 1 amide bonds. The van der Waals surface area contributed by atoms with Crippen molar-refractivity contribution in [2.75, 3.05) is 29.5 Å². The third-order valence-electron chi connectivity index (χ3n) is 3.98. The molecule has 0 unspecified atom stereocenters. The fourth-order valence-electron chi connectivity index (χ4n) is 2.48. The largest absolute Gasteiger partial charge is 0.465 e. The minimum atomic E-state index is -3.70. The number of hydrogen-bond donors (Lipinski definition) is 1. The van der Waals surface area contributed by atoms with Crippen LogP contribution in [0.3, 0.4) is 0 Å². The lowest BCUT2D eigenvalue weighted by atomic mass is 10.1. The molecule has 0 aliphatic carbocycles. The Morgan fingerprint density at radius 2 is 1.79 bits per heavy atom. The first-order valence-corrected chi connectivity index (χ1v) is 10.6. The molecule has 2 aromatic rings. The van der Waals surface area contributed by atoms with E-state index in [1.807, 2.05) is 19.1 Å². The van der Waals surface area contributed by atoms with Gasteiger partial charge in [0, 0.05) is 0 Å². The molecule has 9 heteroatoms. The number of esters is 1. The van der Waals surface area contributed by atoms with Gasteiger partial charge in [-0.05, 0) is 42.3 Å². The number of anilines is 2. The number of sulfonamides is 1. The monoisotopic (exact) mass is 424 g/mol. The summed E-state index contributed by atoms with van der Waals surface area (Å²) in [6.45, 7) is 1.55. The molecule has 0 heterocycles. The second-order valence-electron chi connectivity index (χ2n) is 6.02. The topological polar surface area (TPSA) is 92.8 Å². The number of amides is 1. The van der Waals surface area contributed by atoms with Gasteiger partial charge in [-0.15, -0.1) is 0 Å². The summed E-state index contributed by atoms with van der Waals surface area (Å²) in [5.74, 6) is -1.19. The van der Waals surface area contributed by atoms with Gasteiger partial charge in [-0.1, -0.05) is 30.7 Å². The average molecular weight is 425 g/mol. The van der Waals surface area contributed by atoms with Crippen LogP contribution in [0.4, 0.5) is 11.4 Å². The van der Waals surface area contributed by atoms with Crippen molar-refractivity contribution in [2.45, 2.75) is 13.3 Å². The van der Waals surface area contributed by atoms with E-state index in [1.54, 1.807) is 12.1 Å². The number of rotatable bonds is 7. The molecule has 0 saturated heterocycles. The highest BCUT2D eigenvalue weighted by Gasteiger charge is 2.21. The lowest BCUT2D eigenvalue weighted by Gasteiger charge is -2.22. The van der Waals surface area contributed by atoms with E-state index < -0.39 is 28.4 Å². The smallest absolute Gasteiger partial charge is 0.337 e. The fraction of sp³-hybridized carbons (Fsp3) is 0.263. The number of halogens is 1. The molecule has 1 N–H and O–H groups in total. The van der Waals surface area contributed by atoms with Crippen molar-refractivity contribution in [2.24, 2.45) is 0 Å². The molecule has 0 aliphatic heterocycles. The van der Waals surface area contributed by atoms with Crippen LogP contribution in [0.1, 0.15) is 22.8 Å². The zero-order chi connectivity index (χ0) is 20.9. The van der Waals surface area contributed by atoms with E-state index >= 15 is 0 Å². The number of nitrogens with zero attached hydrogens (tertiary/aromatic N) is 1. The number of methoxy groups -OCH3 is 1. The molecule has 0 aromatic heterocycles. The van der Waals surface area contributed by atoms with Gasteiger partial charge in [-0.25, -0.2) is 13.2 Å². The van der Waals surface area contributed by atoms with Gasteiger partial charge in [-0.2, -0.15) is 0 Å².